The van der Waals surface area contributed by atoms with E-state index in [2.05, 4.69) is 47.1 Å². The number of nitrogens with zero attached hydrogens (tertiary/aromatic N) is 2. The van der Waals surface area contributed by atoms with Crippen molar-refractivity contribution < 1.29 is 9.53 Å². The second kappa shape index (κ2) is 8.53. The SMILES string of the molecule is CCOC(=O)c1sc2nc([C@@H](C)N3CC=C(c4ccccc4)CC3)[nH]c(=O)c2c1C. The lowest BCUT2D eigenvalue weighted by molar-refractivity contribution is 0.0531. The predicted molar refractivity (Wildman–Crippen MR) is 120 cm³/mol. The molecule has 6 nitrogen and oxygen atoms in total. The molecule has 0 bridgehead atoms. The van der Waals surface area contributed by atoms with Crippen LogP contribution >= 0.6 is 11.3 Å². The van der Waals surface area contributed by atoms with Crippen molar-refractivity contribution in [2.24, 2.45) is 0 Å². The molecule has 1 atom stereocenters. The highest BCUT2D eigenvalue weighted by molar-refractivity contribution is 7.20. The fourth-order valence-corrected chi connectivity index (χ4v) is 4.96. The molecule has 30 heavy (non-hydrogen) atoms. The van der Waals surface area contributed by atoms with Crippen molar-refractivity contribution >= 4 is 33.1 Å². The number of ether oxygens (including phenoxy) is 1. The quantitative estimate of drug-likeness (QED) is 0.619. The number of H-pyrrole nitrogens is 1. The number of benzene rings is 1. The topological polar surface area (TPSA) is 75.3 Å². The fraction of sp³-hybridized carbons (Fsp3) is 0.348. The number of aryl methyl sites for hydroxylation is 1. The third kappa shape index (κ3) is 3.82. The van der Waals surface area contributed by atoms with E-state index in [0.29, 0.717) is 33.1 Å². The molecular weight excluding hydrogens is 398 g/mol. The van der Waals surface area contributed by atoms with Gasteiger partial charge < -0.3 is 9.72 Å². The molecule has 0 radical (unpaired) electrons. The van der Waals surface area contributed by atoms with Gasteiger partial charge in [0.2, 0.25) is 0 Å². The lowest BCUT2D eigenvalue weighted by Crippen LogP contribution is -2.33. The number of aromatic amines is 1. The third-order valence-corrected chi connectivity index (χ3v) is 6.77. The highest BCUT2D eigenvalue weighted by atomic mass is 32.1. The van der Waals surface area contributed by atoms with Gasteiger partial charge in [0, 0.05) is 13.1 Å². The lowest BCUT2D eigenvalue weighted by atomic mass is 9.99. The molecule has 7 heteroatoms. The van der Waals surface area contributed by atoms with Gasteiger partial charge in [0.15, 0.2) is 0 Å². The summed E-state index contributed by atoms with van der Waals surface area (Å²) < 4.78 is 5.11. The summed E-state index contributed by atoms with van der Waals surface area (Å²) in [6.07, 6.45) is 3.20. The zero-order valence-corrected chi connectivity index (χ0v) is 18.2. The van der Waals surface area contributed by atoms with Gasteiger partial charge in [0.25, 0.3) is 5.56 Å². The molecule has 156 valence electrons. The van der Waals surface area contributed by atoms with Gasteiger partial charge in [-0.2, -0.15) is 0 Å². The Morgan fingerprint density at radius 2 is 2.10 bits per heavy atom. The van der Waals surface area contributed by atoms with Gasteiger partial charge >= 0.3 is 5.97 Å². The summed E-state index contributed by atoms with van der Waals surface area (Å²) >= 11 is 1.23. The van der Waals surface area contributed by atoms with Crippen molar-refractivity contribution in [3.63, 3.8) is 0 Å². The van der Waals surface area contributed by atoms with Crippen LogP contribution in [0, 0.1) is 6.92 Å². The van der Waals surface area contributed by atoms with Gasteiger partial charge in [-0.1, -0.05) is 36.4 Å². The Morgan fingerprint density at radius 1 is 1.33 bits per heavy atom. The average Bonchev–Trinajstić information content (AvgIpc) is 3.11. The molecule has 4 rings (SSSR count). The van der Waals surface area contributed by atoms with E-state index in [1.54, 1.807) is 13.8 Å². The summed E-state index contributed by atoms with van der Waals surface area (Å²) in [4.78, 5) is 35.9. The fourth-order valence-electron chi connectivity index (χ4n) is 3.87. The predicted octanol–water partition coefficient (Wildman–Crippen LogP) is 4.32. The van der Waals surface area contributed by atoms with Gasteiger partial charge in [0.05, 0.1) is 18.0 Å². The van der Waals surface area contributed by atoms with Crippen LogP contribution in [0.4, 0.5) is 0 Å². The van der Waals surface area contributed by atoms with Crippen molar-refractivity contribution in [1.82, 2.24) is 14.9 Å². The Hall–Kier alpha value is -2.77. The first-order valence-corrected chi connectivity index (χ1v) is 11.0. The number of aromatic nitrogens is 2. The Morgan fingerprint density at radius 3 is 2.77 bits per heavy atom. The van der Waals surface area contributed by atoms with E-state index >= 15 is 0 Å². The highest BCUT2D eigenvalue weighted by Crippen LogP contribution is 2.30. The number of carbonyl (C=O) groups is 1. The number of rotatable bonds is 5. The van der Waals surface area contributed by atoms with Crippen molar-refractivity contribution in [1.29, 1.82) is 0 Å². The second-order valence-corrected chi connectivity index (χ2v) is 8.42. The van der Waals surface area contributed by atoms with Crippen LogP contribution in [-0.2, 0) is 4.74 Å². The molecule has 0 fully saturated rings. The number of fused-ring (bicyclic) bond motifs is 1. The molecule has 1 aromatic carbocycles. The molecular formula is C23H25N3O3S. The molecule has 1 aliphatic rings. The van der Waals surface area contributed by atoms with E-state index < -0.39 is 5.97 Å². The standard InChI is InChI=1S/C23H25N3O3S/c1-4-29-23(28)19-14(2)18-21(27)24-20(25-22(18)30-19)15(3)26-12-10-17(11-13-26)16-8-6-5-7-9-16/h5-10,15H,4,11-13H2,1-3H3,(H,24,25,27)/t15-/m1/s1. The van der Waals surface area contributed by atoms with E-state index in [-0.39, 0.29) is 11.6 Å². The van der Waals surface area contributed by atoms with E-state index in [0.717, 1.165) is 19.5 Å². The van der Waals surface area contributed by atoms with E-state index in [9.17, 15) is 9.59 Å². The summed E-state index contributed by atoms with van der Waals surface area (Å²) in [6, 6.07) is 10.4. The van der Waals surface area contributed by atoms with Crippen LogP contribution in [0.5, 0.6) is 0 Å². The molecule has 0 amide bonds. The summed E-state index contributed by atoms with van der Waals surface area (Å²) in [5.41, 5.74) is 3.04. The maximum absolute atomic E-state index is 12.8. The minimum absolute atomic E-state index is 0.0378. The van der Waals surface area contributed by atoms with Crippen LogP contribution in [0.1, 0.15) is 52.9 Å². The van der Waals surface area contributed by atoms with E-state index in [1.165, 1.54) is 22.5 Å². The molecule has 3 heterocycles. The molecule has 1 aliphatic heterocycles. The van der Waals surface area contributed by atoms with Crippen molar-refractivity contribution in [3.8, 4) is 0 Å². The number of hydrogen-bond acceptors (Lipinski definition) is 6. The lowest BCUT2D eigenvalue weighted by Gasteiger charge is -2.31. The number of esters is 1. The molecule has 0 saturated heterocycles. The largest absolute Gasteiger partial charge is 0.462 e. The monoisotopic (exact) mass is 423 g/mol. The Balaban J connectivity index is 1.60. The second-order valence-electron chi connectivity index (χ2n) is 7.42. The molecule has 0 spiro atoms. The first-order valence-electron chi connectivity index (χ1n) is 10.2. The summed E-state index contributed by atoms with van der Waals surface area (Å²) in [7, 11) is 0. The van der Waals surface area contributed by atoms with Crippen LogP contribution in [0.15, 0.2) is 41.2 Å². The maximum Gasteiger partial charge on any atom is 0.348 e. The zero-order chi connectivity index (χ0) is 21.3. The Bertz CT molecular complexity index is 1160. The van der Waals surface area contributed by atoms with Crippen molar-refractivity contribution in [3.05, 3.63) is 68.6 Å². The zero-order valence-electron chi connectivity index (χ0n) is 17.4. The van der Waals surface area contributed by atoms with Crippen molar-refractivity contribution in [2.45, 2.75) is 33.2 Å². The van der Waals surface area contributed by atoms with E-state index in [1.807, 2.05) is 6.07 Å². The van der Waals surface area contributed by atoms with Gasteiger partial charge in [0.1, 0.15) is 15.5 Å². The molecule has 3 aromatic rings. The number of hydrogen-bond donors (Lipinski definition) is 1. The third-order valence-electron chi connectivity index (χ3n) is 5.61. The van der Waals surface area contributed by atoms with Gasteiger partial charge in [-0.25, -0.2) is 9.78 Å². The molecule has 0 saturated carbocycles. The summed E-state index contributed by atoms with van der Waals surface area (Å²) in [5, 5.41) is 0.476. The van der Waals surface area contributed by atoms with Crippen LogP contribution in [0.25, 0.3) is 15.8 Å². The Labute approximate surface area is 179 Å². The van der Waals surface area contributed by atoms with Crippen LogP contribution in [0.3, 0.4) is 0 Å². The van der Waals surface area contributed by atoms with Gasteiger partial charge in [-0.3, -0.25) is 9.69 Å². The highest BCUT2D eigenvalue weighted by Gasteiger charge is 2.24. The maximum atomic E-state index is 12.8. The van der Waals surface area contributed by atoms with Crippen LogP contribution in [-0.4, -0.2) is 40.5 Å². The van der Waals surface area contributed by atoms with Gasteiger partial charge in [-0.05, 0) is 43.9 Å². The average molecular weight is 424 g/mol. The van der Waals surface area contributed by atoms with Crippen molar-refractivity contribution in [2.75, 3.05) is 19.7 Å². The van der Waals surface area contributed by atoms with Crippen LogP contribution < -0.4 is 5.56 Å². The Kier molecular flexibility index (Phi) is 5.83. The normalized spacial score (nSPS) is 15.8. The van der Waals surface area contributed by atoms with E-state index in [4.69, 9.17) is 9.72 Å². The summed E-state index contributed by atoms with van der Waals surface area (Å²) in [6.45, 7) is 7.57. The van der Waals surface area contributed by atoms with Crippen LogP contribution in [0.2, 0.25) is 0 Å². The molecule has 1 N–H and O–H groups in total. The molecule has 0 unspecified atom stereocenters. The minimum atomic E-state index is -0.401. The summed E-state index contributed by atoms with van der Waals surface area (Å²) in [5.74, 6) is 0.224. The minimum Gasteiger partial charge on any atom is -0.462 e. The smallest absolute Gasteiger partial charge is 0.348 e. The van der Waals surface area contributed by atoms with Gasteiger partial charge in [-0.15, -0.1) is 11.3 Å². The first-order chi connectivity index (χ1) is 14.5. The number of thiophene rings is 1. The number of nitrogens with one attached hydrogen (secondary N) is 1. The number of carbonyl (C=O) groups excluding carboxylic acids is 1. The molecule has 0 aliphatic carbocycles. The molecule has 2 aromatic heterocycles. The first kappa shape index (κ1) is 20.5.